The Labute approximate surface area is 163 Å². The first-order chi connectivity index (χ1) is 13.7. The molecular weight excluding hydrogens is 352 g/mol. The molecule has 2 aliphatic rings. The van der Waals surface area contributed by atoms with Gasteiger partial charge in [-0.1, -0.05) is 12.1 Å². The number of hydrogen-bond acceptors (Lipinski definition) is 4. The molecule has 2 atom stereocenters. The zero-order chi connectivity index (χ0) is 19.3. The monoisotopic (exact) mass is 374 g/mol. The van der Waals surface area contributed by atoms with E-state index >= 15 is 0 Å². The fraction of sp³-hybridized carbons (Fsp3) is 0.318. The van der Waals surface area contributed by atoms with Crippen LogP contribution < -0.4 is 4.74 Å². The topological polar surface area (TPSA) is 60.2 Å². The summed E-state index contributed by atoms with van der Waals surface area (Å²) in [5.41, 5.74) is 5.38. The Balaban J connectivity index is 1.48. The van der Waals surface area contributed by atoms with Crippen molar-refractivity contribution in [3.05, 3.63) is 65.6 Å². The predicted molar refractivity (Wildman–Crippen MR) is 105 cm³/mol. The van der Waals surface area contributed by atoms with Crippen molar-refractivity contribution in [3.63, 3.8) is 0 Å². The Morgan fingerprint density at radius 2 is 2.00 bits per heavy atom. The summed E-state index contributed by atoms with van der Waals surface area (Å²) < 4.78 is 7.41. The van der Waals surface area contributed by atoms with Crippen LogP contribution in [0.2, 0.25) is 0 Å². The maximum atomic E-state index is 12.9. The number of fused-ring (bicyclic) bond motifs is 3. The number of amides is 1. The lowest BCUT2D eigenvalue weighted by atomic mass is 9.94. The minimum absolute atomic E-state index is 0.0881. The van der Waals surface area contributed by atoms with E-state index in [1.165, 1.54) is 11.3 Å². The number of likely N-dealkylation sites (tertiary alicyclic amines) is 1. The highest BCUT2D eigenvalue weighted by Gasteiger charge is 2.45. The molecule has 1 saturated heterocycles. The molecule has 142 valence electrons. The number of carbonyl (C=O) groups is 1. The van der Waals surface area contributed by atoms with Crippen molar-refractivity contribution in [3.8, 4) is 17.0 Å². The van der Waals surface area contributed by atoms with Crippen molar-refractivity contribution in [2.45, 2.75) is 12.3 Å². The number of benzene rings is 1. The molecule has 0 unspecified atom stereocenters. The van der Waals surface area contributed by atoms with E-state index in [9.17, 15) is 4.79 Å². The Morgan fingerprint density at radius 1 is 1.18 bits per heavy atom. The van der Waals surface area contributed by atoms with Gasteiger partial charge >= 0.3 is 0 Å². The molecule has 6 nitrogen and oxygen atoms in total. The molecule has 0 saturated carbocycles. The van der Waals surface area contributed by atoms with Gasteiger partial charge in [0, 0.05) is 60.8 Å². The van der Waals surface area contributed by atoms with E-state index in [-0.39, 0.29) is 5.91 Å². The average molecular weight is 374 g/mol. The van der Waals surface area contributed by atoms with Crippen molar-refractivity contribution < 1.29 is 9.53 Å². The quantitative estimate of drug-likeness (QED) is 0.707. The van der Waals surface area contributed by atoms with Crippen LogP contribution in [-0.2, 0) is 13.5 Å². The molecule has 0 spiro atoms. The minimum atomic E-state index is 0.0881. The average Bonchev–Trinajstić information content (AvgIpc) is 3.39. The largest absolute Gasteiger partial charge is 0.497 e. The summed E-state index contributed by atoms with van der Waals surface area (Å²) in [6.07, 6.45) is 4.31. The van der Waals surface area contributed by atoms with Crippen molar-refractivity contribution in [1.29, 1.82) is 0 Å². The number of carbonyl (C=O) groups excluding carboxylic acids is 1. The molecular formula is C22H22N4O2. The van der Waals surface area contributed by atoms with Gasteiger partial charge in [0.1, 0.15) is 5.75 Å². The number of methoxy groups -OCH3 is 1. The lowest BCUT2D eigenvalue weighted by Crippen LogP contribution is -2.29. The fourth-order valence-electron chi connectivity index (χ4n) is 4.69. The van der Waals surface area contributed by atoms with Crippen LogP contribution in [0.15, 0.2) is 48.8 Å². The first-order valence-electron chi connectivity index (χ1n) is 9.55. The van der Waals surface area contributed by atoms with Crippen molar-refractivity contribution in [1.82, 2.24) is 19.7 Å². The third kappa shape index (κ3) is 2.59. The molecule has 1 aliphatic heterocycles. The number of ether oxygens (including phenoxy) is 1. The maximum absolute atomic E-state index is 12.9. The summed E-state index contributed by atoms with van der Waals surface area (Å²) >= 11 is 0. The normalized spacial score (nSPS) is 20.1. The van der Waals surface area contributed by atoms with Gasteiger partial charge in [0.25, 0.3) is 5.91 Å². The molecule has 3 aromatic rings. The van der Waals surface area contributed by atoms with Gasteiger partial charge in [-0.3, -0.25) is 14.5 Å². The van der Waals surface area contributed by atoms with E-state index in [0.29, 0.717) is 17.4 Å². The second-order valence-electron chi connectivity index (χ2n) is 7.58. The van der Waals surface area contributed by atoms with Crippen molar-refractivity contribution >= 4 is 5.91 Å². The molecule has 0 radical (unpaired) electrons. The van der Waals surface area contributed by atoms with Gasteiger partial charge in [-0.05, 0) is 36.6 Å². The van der Waals surface area contributed by atoms with Crippen LogP contribution >= 0.6 is 0 Å². The molecule has 1 aliphatic carbocycles. The Bertz CT molecular complexity index is 1040. The van der Waals surface area contributed by atoms with Crippen LogP contribution in [0.3, 0.4) is 0 Å². The van der Waals surface area contributed by atoms with Gasteiger partial charge in [-0.15, -0.1) is 0 Å². The van der Waals surface area contributed by atoms with E-state index < -0.39 is 0 Å². The molecule has 1 aromatic carbocycles. The van der Waals surface area contributed by atoms with Crippen LogP contribution in [0.25, 0.3) is 11.3 Å². The van der Waals surface area contributed by atoms with Crippen LogP contribution in [0.4, 0.5) is 0 Å². The smallest absolute Gasteiger partial charge is 0.253 e. The van der Waals surface area contributed by atoms with Gasteiger partial charge < -0.3 is 9.64 Å². The van der Waals surface area contributed by atoms with Crippen LogP contribution in [0.5, 0.6) is 5.75 Å². The molecule has 2 aromatic heterocycles. The number of aromatic nitrogens is 3. The van der Waals surface area contributed by atoms with E-state index in [4.69, 9.17) is 9.84 Å². The molecule has 28 heavy (non-hydrogen) atoms. The minimum Gasteiger partial charge on any atom is -0.497 e. The highest BCUT2D eigenvalue weighted by Crippen LogP contribution is 2.47. The summed E-state index contributed by atoms with van der Waals surface area (Å²) in [7, 11) is 3.70. The Kier molecular flexibility index (Phi) is 3.93. The maximum Gasteiger partial charge on any atom is 0.253 e. The molecule has 3 heterocycles. The number of rotatable bonds is 3. The van der Waals surface area contributed by atoms with E-state index in [0.717, 1.165) is 36.5 Å². The van der Waals surface area contributed by atoms with E-state index in [2.05, 4.69) is 11.1 Å². The number of hydrogen-bond donors (Lipinski definition) is 0. The second kappa shape index (κ2) is 6.48. The number of aryl methyl sites for hydroxylation is 1. The van der Waals surface area contributed by atoms with Crippen LogP contribution in [0, 0.1) is 5.92 Å². The Morgan fingerprint density at radius 3 is 2.79 bits per heavy atom. The Hall–Kier alpha value is -3.15. The highest BCUT2D eigenvalue weighted by atomic mass is 16.5. The SMILES string of the molecule is COc1cccc(-c2nn(C)c3c2[C@@H]2CN(C(=O)c4ccncc4)C[C@@H]2C3)c1. The van der Waals surface area contributed by atoms with Gasteiger partial charge in [0.05, 0.1) is 12.8 Å². The summed E-state index contributed by atoms with van der Waals surface area (Å²) in [5.74, 6) is 1.70. The van der Waals surface area contributed by atoms with Gasteiger partial charge in [-0.2, -0.15) is 5.10 Å². The summed E-state index contributed by atoms with van der Waals surface area (Å²) in [4.78, 5) is 18.9. The molecule has 0 bridgehead atoms. The molecule has 6 heteroatoms. The van der Waals surface area contributed by atoms with E-state index in [1.807, 2.05) is 34.8 Å². The fourth-order valence-corrected chi connectivity index (χ4v) is 4.69. The van der Waals surface area contributed by atoms with Gasteiger partial charge in [0.15, 0.2) is 0 Å². The predicted octanol–water partition coefficient (Wildman–Crippen LogP) is 2.90. The highest BCUT2D eigenvalue weighted by molar-refractivity contribution is 5.94. The van der Waals surface area contributed by atoms with Crippen LogP contribution in [-0.4, -0.2) is 45.8 Å². The molecule has 1 amide bonds. The van der Waals surface area contributed by atoms with E-state index in [1.54, 1.807) is 31.6 Å². The van der Waals surface area contributed by atoms with Crippen LogP contribution in [0.1, 0.15) is 27.5 Å². The third-order valence-electron chi connectivity index (χ3n) is 6.03. The third-order valence-corrected chi connectivity index (χ3v) is 6.03. The van der Waals surface area contributed by atoms with Gasteiger partial charge in [-0.25, -0.2) is 0 Å². The molecule has 1 fully saturated rings. The first kappa shape index (κ1) is 17.0. The summed E-state index contributed by atoms with van der Waals surface area (Å²) in [5, 5.41) is 4.82. The zero-order valence-electron chi connectivity index (χ0n) is 16.0. The summed E-state index contributed by atoms with van der Waals surface area (Å²) in [6.45, 7) is 1.53. The first-order valence-corrected chi connectivity index (χ1v) is 9.55. The van der Waals surface area contributed by atoms with Crippen molar-refractivity contribution in [2.24, 2.45) is 13.0 Å². The standard InChI is InChI=1S/C22H22N4O2/c1-25-19-11-16-12-26(22(27)14-6-8-23-9-7-14)13-18(16)20(19)21(24-25)15-4-3-5-17(10-15)28-2/h3-10,16,18H,11-13H2,1-2H3/t16-,18+/m0/s1. The number of nitrogens with zero attached hydrogens (tertiary/aromatic N) is 4. The summed E-state index contributed by atoms with van der Waals surface area (Å²) in [6, 6.07) is 11.6. The van der Waals surface area contributed by atoms with Gasteiger partial charge in [0.2, 0.25) is 0 Å². The zero-order valence-corrected chi connectivity index (χ0v) is 16.0. The second-order valence-corrected chi connectivity index (χ2v) is 7.58. The lowest BCUT2D eigenvalue weighted by molar-refractivity contribution is 0.0785. The van der Waals surface area contributed by atoms with Crippen molar-refractivity contribution in [2.75, 3.05) is 20.2 Å². The lowest BCUT2D eigenvalue weighted by Gasteiger charge is -2.17. The molecule has 0 N–H and O–H groups in total. The number of pyridine rings is 1. The molecule has 5 rings (SSSR count).